The van der Waals surface area contributed by atoms with Crippen LogP contribution in [0.5, 0.6) is 0 Å². The SMILES string of the molecule is Cc1ccc(NCc2c(C)nn(CCO)c2C)c(F)c1. The Kier molecular flexibility index (Phi) is 4.39. The van der Waals surface area contributed by atoms with E-state index in [1.54, 1.807) is 10.7 Å². The van der Waals surface area contributed by atoms with E-state index in [9.17, 15) is 4.39 Å². The molecule has 20 heavy (non-hydrogen) atoms. The van der Waals surface area contributed by atoms with Crippen LogP contribution in [0.3, 0.4) is 0 Å². The van der Waals surface area contributed by atoms with Crippen LogP contribution < -0.4 is 5.32 Å². The van der Waals surface area contributed by atoms with Gasteiger partial charge in [-0.1, -0.05) is 6.07 Å². The Morgan fingerprint density at radius 1 is 1.30 bits per heavy atom. The molecule has 2 N–H and O–H groups in total. The van der Waals surface area contributed by atoms with Crippen molar-refractivity contribution < 1.29 is 9.50 Å². The van der Waals surface area contributed by atoms with E-state index in [0.717, 1.165) is 22.5 Å². The summed E-state index contributed by atoms with van der Waals surface area (Å²) in [6.45, 7) is 6.79. The van der Waals surface area contributed by atoms with Gasteiger partial charge in [-0.05, 0) is 38.5 Å². The van der Waals surface area contributed by atoms with E-state index in [2.05, 4.69) is 10.4 Å². The van der Waals surface area contributed by atoms with E-state index in [1.165, 1.54) is 6.07 Å². The predicted molar refractivity (Wildman–Crippen MR) is 77.3 cm³/mol. The highest BCUT2D eigenvalue weighted by Gasteiger charge is 2.11. The molecule has 1 aromatic heterocycles. The minimum absolute atomic E-state index is 0.0570. The normalized spacial score (nSPS) is 10.8. The Hall–Kier alpha value is -1.88. The topological polar surface area (TPSA) is 50.1 Å². The number of aromatic nitrogens is 2. The average Bonchev–Trinajstić information content (AvgIpc) is 2.65. The third kappa shape index (κ3) is 2.99. The van der Waals surface area contributed by atoms with Gasteiger partial charge in [-0.15, -0.1) is 0 Å². The molecule has 0 saturated heterocycles. The summed E-state index contributed by atoms with van der Waals surface area (Å²) in [5.74, 6) is -0.247. The lowest BCUT2D eigenvalue weighted by molar-refractivity contribution is 0.268. The van der Waals surface area contributed by atoms with Crippen molar-refractivity contribution in [3.05, 3.63) is 46.5 Å². The summed E-state index contributed by atoms with van der Waals surface area (Å²) in [6.07, 6.45) is 0. The molecule has 108 valence electrons. The third-order valence-corrected chi connectivity index (χ3v) is 3.42. The van der Waals surface area contributed by atoms with Crippen LogP contribution in [0.4, 0.5) is 10.1 Å². The number of aliphatic hydroxyl groups is 1. The second-order valence-corrected chi connectivity index (χ2v) is 4.93. The number of hydrogen-bond acceptors (Lipinski definition) is 3. The second-order valence-electron chi connectivity index (χ2n) is 4.93. The van der Waals surface area contributed by atoms with Crippen molar-refractivity contribution in [2.24, 2.45) is 0 Å². The Bertz CT molecular complexity index is 607. The standard InChI is InChI=1S/C15H20FN3O/c1-10-4-5-15(14(16)8-10)17-9-13-11(2)18-19(6-7-20)12(13)3/h4-5,8,17,20H,6-7,9H2,1-3H3. The van der Waals surface area contributed by atoms with Gasteiger partial charge in [0.1, 0.15) is 5.82 Å². The highest BCUT2D eigenvalue weighted by atomic mass is 19.1. The third-order valence-electron chi connectivity index (χ3n) is 3.42. The number of hydrogen-bond donors (Lipinski definition) is 2. The zero-order valence-corrected chi connectivity index (χ0v) is 12.1. The van der Waals surface area contributed by atoms with Crippen LogP contribution in [0.15, 0.2) is 18.2 Å². The maximum atomic E-state index is 13.8. The smallest absolute Gasteiger partial charge is 0.146 e. The zero-order valence-electron chi connectivity index (χ0n) is 12.1. The minimum atomic E-state index is -0.247. The fraction of sp³-hybridized carbons (Fsp3) is 0.400. The minimum Gasteiger partial charge on any atom is -0.394 e. The molecule has 0 bridgehead atoms. The fourth-order valence-corrected chi connectivity index (χ4v) is 2.25. The number of nitrogens with one attached hydrogen (secondary N) is 1. The number of aliphatic hydroxyl groups excluding tert-OH is 1. The van der Waals surface area contributed by atoms with Crippen molar-refractivity contribution in [3.63, 3.8) is 0 Å². The molecular formula is C15H20FN3O. The first-order valence-corrected chi connectivity index (χ1v) is 6.66. The summed E-state index contributed by atoms with van der Waals surface area (Å²) in [5.41, 5.74) is 4.33. The van der Waals surface area contributed by atoms with Gasteiger partial charge in [-0.25, -0.2) is 4.39 Å². The van der Waals surface area contributed by atoms with E-state index in [4.69, 9.17) is 5.11 Å². The quantitative estimate of drug-likeness (QED) is 0.883. The number of halogens is 1. The molecule has 0 amide bonds. The van der Waals surface area contributed by atoms with E-state index in [0.29, 0.717) is 18.8 Å². The molecule has 0 aliphatic rings. The predicted octanol–water partition coefficient (Wildman–Crippen LogP) is 2.55. The van der Waals surface area contributed by atoms with Gasteiger partial charge in [0, 0.05) is 17.8 Å². The van der Waals surface area contributed by atoms with Crippen molar-refractivity contribution in [1.82, 2.24) is 9.78 Å². The maximum absolute atomic E-state index is 13.8. The lowest BCUT2D eigenvalue weighted by Crippen LogP contribution is -2.07. The summed E-state index contributed by atoms with van der Waals surface area (Å²) in [4.78, 5) is 0. The Labute approximate surface area is 118 Å². The Morgan fingerprint density at radius 3 is 2.70 bits per heavy atom. The van der Waals surface area contributed by atoms with Crippen molar-refractivity contribution in [1.29, 1.82) is 0 Å². The number of benzene rings is 1. The van der Waals surface area contributed by atoms with E-state index in [-0.39, 0.29) is 12.4 Å². The molecule has 0 fully saturated rings. The largest absolute Gasteiger partial charge is 0.394 e. The van der Waals surface area contributed by atoms with Gasteiger partial charge in [0.2, 0.25) is 0 Å². The lowest BCUT2D eigenvalue weighted by atomic mass is 10.1. The molecule has 0 saturated carbocycles. The second kappa shape index (κ2) is 6.05. The van der Waals surface area contributed by atoms with Gasteiger partial charge in [0.05, 0.1) is 24.5 Å². The molecule has 2 rings (SSSR count). The molecule has 0 spiro atoms. The Morgan fingerprint density at radius 2 is 2.05 bits per heavy atom. The van der Waals surface area contributed by atoms with E-state index >= 15 is 0 Å². The highest BCUT2D eigenvalue weighted by molar-refractivity contribution is 5.47. The Balaban J connectivity index is 2.14. The first kappa shape index (κ1) is 14.5. The van der Waals surface area contributed by atoms with E-state index in [1.807, 2.05) is 26.8 Å². The molecule has 0 aliphatic heterocycles. The molecule has 0 aliphatic carbocycles. The summed E-state index contributed by atoms with van der Waals surface area (Å²) < 4.78 is 15.5. The fourth-order valence-electron chi connectivity index (χ4n) is 2.25. The van der Waals surface area contributed by atoms with Crippen LogP contribution >= 0.6 is 0 Å². The summed E-state index contributed by atoms with van der Waals surface area (Å²) >= 11 is 0. The first-order chi connectivity index (χ1) is 9.52. The van der Waals surface area contributed by atoms with Crippen LogP contribution in [0.2, 0.25) is 0 Å². The number of aryl methyl sites for hydroxylation is 2. The van der Waals surface area contributed by atoms with Crippen LogP contribution in [-0.4, -0.2) is 21.5 Å². The summed E-state index contributed by atoms with van der Waals surface area (Å²) in [5, 5.41) is 16.5. The lowest BCUT2D eigenvalue weighted by Gasteiger charge is -2.09. The molecule has 2 aromatic rings. The molecule has 0 atom stereocenters. The summed E-state index contributed by atoms with van der Waals surface area (Å²) in [6, 6.07) is 5.13. The molecule has 0 unspecified atom stereocenters. The zero-order chi connectivity index (χ0) is 14.7. The molecule has 1 heterocycles. The van der Waals surface area contributed by atoms with Gasteiger partial charge in [0.15, 0.2) is 0 Å². The molecular weight excluding hydrogens is 257 g/mol. The maximum Gasteiger partial charge on any atom is 0.146 e. The van der Waals surface area contributed by atoms with Crippen molar-refractivity contribution >= 4 is 5.69 Å². The molecule has 0 radical (unpaired) electrons. The van der Waals surface area contributed by atoms with Gasteiger partial charge in [-0.2, -0.15) is 5.10 Å². The van der Waals surface area contributed by atoms with E-state index < -0.39 is 0 Å². The number of rotatable bonds is 5. The van der Waals surface area contributed by atoms with Crippen LogP contribution in [0, 0.1) is 26.6 Å². The van der Waals surface area contributed by atoms with Gasteiger partial charge in [-0.3, -0.25) is 4.68 Å². The molecule has 1 aromatic carbocycles. The highest BCUT2D eigenvalue weighted by Crippen LogP contribution is 2.19. The summed E-state index contributed by atoms with van der Waals surface area (Å²) in [7, 11) is 0. The van der Waals surface area contributed by atoms with Crippen molar-refractivity contribution in [2.75, 3.05) is 11.9 Å². The van der Waals surface area contributed by atoms with Crippen LogP contribution in [0.25, 0.3) is 0 Å². The van der Waals surface area contributed by atoms with Crippen LogP contribution in [0.1, 0.15) is 22.5 Å². The number of nitrogens with zero attached hydrogens (tertiary/aromatic N) is 2. The average molecular weight is 277 g/mol. The molecule has 5 heteroatoms. The first-order valence-electron chi connectivity index (χ1n) is 6.66. The van der Waals surface area contributed by atoms with Gasteiger partial charge >= 0.3 is 0 Å². The van der Waals surface area contributed by atoms with Crippen molar-refractivity contribution in [3.8, 4) is 0 Å². The van der Waals surface area contributed by atoms with Gasteiger partial charge < -0.3 is 10.4 Å². The van der Waals surface area contributed by atoms with Gasteiger partial charge in [0.25, 0.3) is 0 Å². The van der Waals surface area contributed by atoms with Crippen LogP contribution in [-0.2, 0) is 13.1 Å². The molecule has 4 nitrogen and oxygen atoms in total. The number of anilines is 1. The monoisotopic (exact) mass is 277 g/mol. The van der Waals surface area contributed by atoms with Crippen molar-refractivity contribution in [2.45, 2.75) is 33.9 Å².